The normalized spacial score (nSPS) is 14.5. The predicted octanol–water partition coefficient (Wildman–Crippen LogP) is 11.5. The zero-order chi connectivity index (χ0) is 73.5. The number of nitrogens with zero attached hydrogens (tertiary/aromatic N) is 12. The maximum Gasteiger partial charge on any atom is 0.264 e. The van der Waals surface area contributed by atoms with E-state index in [1.54, 1.807) is 140 Å². The van der Waals surface area contributed by atoms with Crippen LogP contribution in [0.2, 0.25) is 10.0 Å². The summed E-state index contributed by atoms with van der Waals surface area (Å²) in [7, 11) is -9.61. The number of sulfonamides is 3. The van der Waals surface area contributed by atoms with Crippen LogP contribution in [0.3, 0.4) is 0 Å². The molecule has 0 bridgehead atoms. The van der Waals surface area contributed by atoms with Crippen molar-refractivity contribution in [1.29, 1.82) is 0 Å². The van der Waals surface area contributed by atoms with Gasteiger partial charge in [-0.25, -0.2) is 54.9 Å². The van der Waals surface area contributed by atoms with Crippen molar-refractivity contribution in [3.05, 3.63) is 215 Å². The number of hydrogen-bond acceptors (Lipinski definition) is 20. The molecule has 0 aliphatic carbocycles. The zero-order valence-corrected chi connectivity index (χ0v) is 62.1. The molecule has 13 rings (SSSR count). The molecule has 0 spiro atoms. The van der Waals surface area contributed by atoms with Crippen LogP contribution in [-0.4, -0.2) is 179 Å². The minimum Gasteiger partial charge on any atom is -0.497 e. The number of piperazine rings is 3. The standard InChI is InChI=1S/C27H30N6O3S.C23H24Cl2N4O4S2.C22H23N5O4S.3H2/c1-19-4-9-25-22(16-19)17-20(2)33(25)21(3)27(34)32-14-12-31(13-15-32)23-5-7-24(8-6-23)37(35,36)30-26-10-11-28-18-29-26;24-17-3-8-21(20(25)16-17)33-14-1-2-22(30)29-12-10-28(11-13-29)18-4-6-19(7-5-18)35(31,32)27-23-26-9-15-34-23;1-31-19-7-3-17(4-8-19)21(28)27-15-13-26(14-16-27)18-5-9-20(10-6-18)32(29,30)25-22-23-11-2-12-24-22;;;/h4-11,16-18,21H,12-15H2,1-3H3,(H,28,29,30);3-9,15-16H,1-2,10-14H2,(H,26,27);2-12H,13-16H2,1H3,(H,23,24,25);3*1H. The molecule has 3 aliphatic rings. The van der Waals surface area contributed by atoms with Gasteiger partial charge in [0.1, 0.15) is 29.7 Å². The van der Waals surface area contributed by atoms with Crippen LogP contribution in [0.25, 0.3) is 10.9 Å². The van der Waals surface area contributed by atoms with Crippen molar-refractivity contribution < 1.29 is 53.4 Å². The minimum atomic E-state index is -3.77. The van der Waals surface area contributed by atoms with Crippen LogP contribution in [0.1, 0.15) is 51.7 Å². The van der Waals surface area contributed by atoms with Crippen LogP contribution in [0.4, 0.5) is 34.0 Å². The molecular weight excluding hydrogens is 1450 g/mol. The lowest BCUT2D eigenvalue weighted by molar-refractivity contribution is -0.134. The molecule has 4 aromatic heterocycles. The highest BCUT2D eigenvalue weighted by atomic mass is 35.5. The first-order valence-corrected chi connectivity index (χ1v) is 39.3. The number of fused-ring (bicyclic) bond motifs is 1. The van der Waals surface area contributed by atoms with Crippen LogP contribution in [0, 0.1) is 13.8 Å². The summed E-state index contributed by atoms with van der Waals surface area (Å²) in [5.41, 5.74) is 6.71. The summed E-state index contributed by atoms with van der Waals surface area (Å²) in [5, 5.41) is 4.17. The number of nitrogens with one attached hydrogen (secondary N) is 3. The molecule has 6 aromatic carbocycles. The van der Waals surface area contributed by atoms with Gasteiger partial charge in [-0.05, 0) is 173 Å². The third-order valence-corrected chi connectivity index (χ3v) is 23.0. The smallest absolute Gasteiger partial charge is 0.264 e. The van der Waals surface area contributed by atoms with Crippen molar-refractivity contribution in [2.75, 3.05) is 121 Å². The summed E-state index contributed by atoms with van der Waals surface area (Å²) in [6.07, 6.45) is 8.21. The van der Waals surface area contributed by atoms with E-state index < -0.39 is 30.1 Å². The van der Waals surface area contributed by atoms with Crippen molar-refractivity contribution in [3.63, 3.8) is 0 Å². The Bertz CT molecular complexity index is 4940. The van der Waals surface area contributed by atoms with E-state index in [0.29, 0.717) is 130 Å². The fourth-order valence-corrected chi connectivity index (χ4v) is 16.3. The Hall–Kier alpha value is -10.1. The quantitative estimate of drug-likeness (QED) is 0.0563. The van der Waals surface area contributed by atoms with Crippen molar-refractivity contribution in [2.45, 2.75) is 54.3 Å². The molecule has 26 nitrogen and oxygen atoms in total. The molecule has 0 saturated carbocycles. The molecule has 3 saturated heterocycles. The number of carbonyl (C=O) groups excluding carboxylic acids is 3. The minimum absolute atomic E-state index is 0. The van der Waals surface area contributed by atoms with Gasteiger partial charge in [-0.2, -0.15) is 0 Å². The fraction of sp³-hybridized carbons (Fsp3) is 0.278. The number of rotatable bonds is 21. The number of hydrogen-bond donors (Lipinski definition) is 3. The highest BCUT2D eigenvalue weighted by Gasteiger charge is 2.30. The number of aryl methyl sites for hydroxylation is 2. The van der Waals surface area contributed by atoms with Crippen molar-refractivity contribution in [2.24, 2.45) is 0 Å². The van der Waals surface area contributed by atoms with E-state index in [4.69, 9.17) is 32.7 Å². The van der Waals surface area contributed by atoms with Gasteiger partial charge < -0.3 is 43.4 Å². The number of halogens is 2. The van der Waals surface area contributed by atoms with E-state index in [1.807, 2.05) is 28.5 Å². The number of benzene rings is 6. The second kappa shape index (κ2) is 34.0. The van der Waals surface area contributed by atoms with E-state index in [0.717, 1.165) is 33.7 Å². The van der Waals surface area contributed by atoms with Crippen molar-refractivity contribution in [1.82, 2.24) is 44.2 Å². The molecule has 3 N–H and O–H groups in total. The molecule has 1 unspecified atom stereocenters. The Kier molecular flexibility index (Phi) is 24.5. The molecule has 3 amide bonds. The molecular formula is C72H83Cl2N15O11S4. The van der Waals surface area contributed by atoms with Crippen LogP contribution in [0.5, 0.6) is 11.5 Å². The average Bonchev–Trinajstić information content (AvgIpc) is 1.65. The van der Waals surface area contributed by atoms with Crippen LogP contribution in [0.15, 0.2) is 203 Å². The van der Waals surface area contributed by atoms with Gasteiger partial charge in [-0.3, -0.25) is 23.8 Å². The van der Waals surface area contributed by atoms with Gasteiger partial charge in [-0.1, -0.05) is 34.8 Å². The number of ether oxygens (including phenoxy) is 2. The van der Waals surface area contributed by atoms with Gasteiger partial charge in [0.15, 0.2) is 5.13 Å². The van der Waals surface area contributed by atoms with Gasteiger partial charge in [0.05, 0.1) is 33.4 Å². The third kappa shape index (κ3) is 19.2. The van der Waals surface area contributed by atoms with Crippen molar-refractivity contribution >= 4 is 127 Å². The monoisotopic (exact) mass is 1530 g/mol. The first-order valence-electron chi connectivity index (χ1n) is 33.2. The number of aromatic nitrogens is 6. The summed E-state index contributed by atoms with van der Waals surface area (Å²) < 4.78 is 95.6. The van der Waals surface area contributed by atoms with Crippen molar-refractivity contribution in [3.8, 4) is 11.5 Å². The van der Waals surface area contributed by atoms with E-state index in [-0.39, 0.29) is 54.5 Å². The number of amides is 3. The highest BCUT2D eigenvalue weighted by molar-refractivity contribution is 7.93. The Labute approximate surface area is 622 Å². The lowest BCUT2D eigenvalue weighted by Crippen LogP contribution is -2.50. The lowest BCUT2D eigenvalue weighted by Gasteiger charge is -2.37. The van der Waals surface area contributed by atoms with E-state index in [9.17, 15) is 39.6 Å². The van der Waals surface area contributed by atoms with Gasteiger partial charge in [0, 0.05) is 164 Å². The first-order chi connectivity index (χ1) is 50.0. The van der Waals surface area contributed by atoms with Crippen LogP contribution >= 0.6 is 34.5 Å². The van der Waals surface area contributed by atoms with Crippen LogP contribution in [-0.2, 0) is 39.7 Å². The molecule has 1 atom stereocenters. The number of methoxy groups -OCH3 is 1. The average molecular weight is 1530 g/mol. The molecule has 10 aromatic rings. The zero-order valence-electron chi connectivity index (χ0n) is 57.3. The van der Waals surface area contributed by atoms with Gasteiger partial charge in [0.2, 0.25) is 17.8 Å². The fourth-order valence-electron chi connectivity index (χ4n) is 12.1. The Morgan fingerprint density at radius 2 is 1.12 bits per heavy atom. The highest BCUT2D eigenvalue weighted by Crippen LogP contribution is 2.31. The van der Waals surface area contributed by atoms with Gasteiger partial charge in [0.25, 0.3) is 36.0 Å². The Morgan fingerprint density at radius 1 is 0.577 bits per heavy atom. The summed E-state index contributed by atoms with van der Waals surface area (Å²) in [5.74, 6) is 1.69. The number of anilines is 6. The molecule has 7 heterocycles. The SMILES string of the molecule is COc1ccc(C(=O)N2CCN(c3ccc(S(=O)(=O)Nc4ncccn4)cc3)CC2)cc1.Cc1ccc2c(c1)cc(C)n2C(C)C(=O)N1CCN(c2ccc(S(=O)(=O)Nc3ccncn3)cc2)CC1.O=C(CCCOc1ccc(Cl)cc1Cl)N1CCN(c2ccc(S(=O)(=O)Nc3nccs3)cc2)CC1.[HH].[HH].[HH]. The number of carbonyl (C=O) groups is 3. The van der Waals surface area contributed by atoms with E-state index in [2.05, 4.69) is 89.5 Å². The maximum atomic E-state index is 13.4. The predicted molar refractivity (Wildman–Crippen MR) is 410 cm³/mol. The maximum absolute atomic E-state index is 13.4. The van der Waals surface area contributed by atoms with E-state index in [1.165, 1.54) is 47.9 Å². The second-order valence-corrected chi connectivity index (χ2v) is 31.2. The van der Waals surface area contributed by atoms with Gasteiger partial charge >= 0.3 is 0 Å². The molecule has 3 aliphatic heterocycles. The van der Waals surface area contributed by atoms with E-state index >= 15 is 0 Å². The third-order valence-electron chi connectivity index (χ3n) is 17.5. The lowest BCUT2D eigenvalue weighted by atomic mass is 10.1. The Balaban J connectivity index is 0.000000200. The van der Waals surface area contributed by atoms with Gasteiger partial charge in [-0.15, -0.1) is 11.3 Å². The van der Waals surface area contributed by atoms with Crippen LogP contribution < -0.4 is 38.3 Å². The summed E-state index contributed by atoms with van der Waals surface area (Å²) >= 11 is 13.2. The summed E-state index contributed by atoms with van der Waals surface area (Å²) in [6.45, 7) is 14.1. The molecule has 32 heteroatoms. The molecule has 0 radical (unpaired) electrons. The summed E-state index contributed by atoms with van der Waals surface area (Å²) in [4.78, 5) is 70.6. The second-order valence-electron chi connectivity index (χ2n) is 24.4. The molecule has 104 heavy (non-hydrogen) atoms. The largest absolute Gasteiger partial charge is 0.497 e. The molecule has 550 valence electrons. The number of thiazole rings is 1. The first kappa shape index (κ1) is 75.1. The Morgan fingerprint density at radius 3 is 1.65 bits per heavy atom. The molecule has 3 fully saturated rings. The summed E-state index contributed by atoms with van der Waals surface area (Å²) in [6, 6.07) is 43.5. The topological polar surface area (TPSA) is 297 Å².